The van der Waals surface area contributed by atoms with Crippen molar-refractivity contribution in [1.82, 2.24) is 0 Å². The van der Waals surface area contributed by atoms with Crippen LogP contribution < -0.4 is 0 Å². The molecule has 0 unspecified atom stereocenters. The van der Waals surface area contributed by atoms with Crippen LogP contribution in [0.15, 0.2) is 72.8 Å². The minimum absolute atomic E-state index is 1.31. The third-order valence-corrected chi connectivity index (χ3v) is 4.48. The zero-order valence-electron chi connectivity index (χ0n) is 11.5. The van der Waals surface area contributed by atoms with E-state index in [1.807, 2.05) is 0 Å². The van der Waals surface area contributed by atoms with Crippen molar-refractivity contribution in [3.8, 4) is 11.1 Å². The van der Waals surface area contributed by atoms with Crippen LogP contribution in [0.4, 0.5) is 0 Å². The number of rotatable bonds is 0. The Morgan fingerprint density at radius 3 is 1.43 bits per heavy atom. The van der Waals surface area contributed by atoms with Crippen molar-refractivity contribution in [2.24, 2.45) is 0 Å². The molecule has 97 valence electrons. The Kier molecular flexibility index (Phi) is 2.09. The van der Waals surface area contributed by atoms with Crippen LogP contribution in [0.25, 0.3) is 32.7 Å². The molecule has 21 heavy (non-hydrogen) atoms. The van der Waals surface area contributed by atoms with E-state index < -0.39 is 0 Å². The van der Waals surface area contributed by atoms with Gasteiger partial charge in [-0.2, -0.15) is 0 Å². The van der Waals surface area contributed by atoms with Crippen LogP contribution >= 0.6 is 0 Å². The average molecular weight is 265 g/mol. The van der Waals surface area contributed by atoms with Crippen LogP contribution in [-0.4, -0.2) is 0 Å². The van der Waals surface area contributed by atoms with E-state index in [0.717, 1.165) is 0 Å². The lowest BCUT2D eigenvalue weighted by Gasteiger charge is -2.09. The highest BCUT2D eigenvalue weighted by atomic mass is 14.3. The fraction of sp³-hybridized carbons (Fsp3) is 0. The molecule has 0 nitrogen and oxygen atoms in total. The monoisotopic (exact) mass is 265 g/mol. The summed E-state index contributed by atoms with van der Waals surface area (Å²) in [7, 11) is 0. The topological polar surface area (TPSA) is 0 Å². The van der Waals surface area contributed by atoms with E-state index in [-0.39, 0.29) is 0 Å². The Balaban J connectivity index is 2.00. The summed E-state index contributed by atoms with van der Waals surface area (Å²) in [4.78, 5) is 0. The second kappa shape index (κ2) is 3.95. The van der Waals surface area contributed by atoms with E-state index in [1.165, 1.54) is 43.8 Å². The summed E-state index contributed by atoms with van der Waals surface area (Å²) < 4.78 is 0. The summed E-state index contributed by atoms with van der Waals surface area (Å²) in [6.07, 6.45) is 2.31. The Morgan fingerprint density at radius 2 is 0.905 bits per heavy atom. The number of benzene rings is 4. The fourth-order valence-electron chi connectivity index (χ4n) is 3.54. The van der Waals surface area contributed by atoms with E-state index in [2.05, 4.69) is 79.2 Å². The molecular weight excluding hydrogens is 252 g/mol. The minimum atomic E-state index is 1.31. The number of fused-ring (bicyclic) bond motifs is 7. The fourth-order valence-corrected chi connectivity index (χ4v) is 3.54. The summed E-state index contributed by atoms with van der Waals surface area (Å²) in [6.45, 7) is 0. The molecule has 0 atom stereocenters. The molecule has 1 aliphatic rings. The molecule has 0 heterocycles. The van der Waals surface area contributed by atoms with Gasteiger partial charge in [0.25, 0.3) is 0 Å². The summed E-state index contributed by atoms with van der Waals surface area (Å²) in [5.74, 6) is 0. The first-order valence-corrected chi connectivity index (χ1v) is 7.30. The molecule has 4 aromatic rings. The molecule has 1 radical (unpaired) electrons. The van der Waals surface area contributed by atoms with Crippen molar-refractivity contribution in [2.45, 2.75) is 0 Å². The summed E-state index contributed by atoms with van der Waals surface area (Å²) in [5, 5.41) is 5.32. The van der Waals surface area contributed by atoms with Gasteiger partial charge in [0.2, 0.25) is 0 Å². The van der Waals surface area contributed by atoms with Crippen LogP contribution in [0, 0.1) is 6.42 Å². The van der Waals surface area contributed by atoms with E-state index in [1.54, 1.807) is 0 Å². The largest absolute Gasteiger partial charge is 0.0616 e. The lowest BCUT2D eigenvalue weighted by Crippen LogP contribution is -1.83. The van der Waals surface area contributed by atoms with Gasteiger partial charge in [-0.15, -0.1) is 0 Å². The van der Waals surface area contributed by atoms with Gasteiger partial charge >= 0.3 is 0 Å². The molecule has 0 spiro atoms. The van der Waals surface area contributed by atoms with Crippen LogP contribution in [0.3, 0.4) is 0 Å². The van der Waals surface area contributed by atoms with Crippen molar-refractivity contribution in [3.05, 3.63) is 90.3 Å². The second-order valence-corrected chi connectivity index (χ2v) is 5.65. The van der Waals surface area contributed by atoms with Gasteiger partial charge in [-0.25, -0.2) is 0 Å². The van der Waals surface area contributed by atoms with Crippen LogP contribution in [-0.2, 0) is 0 Å². The molecule has 0 amide bonds. The van der Waals surface area contributed by atoms with Gasteiger partial charge < -0.3 is 0 Å². The molecule has 1 aliphatic carbocycles. The van der Waals surface area contributed by atoms with Gasteiger partial charge in [-0.3, -0.25) is 0 Å². The van der Waals surface area contributed by atoms with Gasteiger partial charge in [-0.05, 0) is 43.8 Å². The van der Waals surface area contributed by atoms with E-state index in [0.29, 0.717) is 0 Å². The van der Waals surface area contributed by atoms with Gasteiger partial charge in [0.05, 0.1) is 0 Å². The SMILES string of the molecule is [CH]1c2ccc3ccccc3c2-c2c1ccc1ccccc21. The van der Waals surface area contributed by atoms with Crippen molar-refractivity contribution in [1.29, 1.82) is 0 Å². The smallest absolute Gasteiger partial charge is 0.0212 e. The molecule has 0 fully saturated rings. The van der Waals surface area contributed by atoms with Gasteiger partial charge in [0.15, 0.2) is 0 Å². The molecule has 0 heteroatoms. The predicted octanol–water partition coefficient (Wildman–Crippen LogP) is 5.57. The zero-order chi connectivity index (χ0) is 13.8. The van der Waals surface area contributed by atoms with Crippen molar-refractivity contribution >= 4 is 21.5 Å². The highest BCUT2D eigenvalue weighted by Gasteiger charge is 2.22. The van der Waals surface area contributed by atoms with Crippen molar-refractivity contribution in [2.75, 3.05) is 0 Å². The molecule has 0 bridgehead atoms. The Morgan fingerprint density at radius 1 is 0.429 bits per heavy atom. The molecule has 0 saturated heterocycles. The Labute approximate surface area is 123 Å². The molecule has 0 saturated carbocycles. The maximum atomic E-state index is 2.31. The standard InChI is InChI=1S/C21H13/c1-3-7-18-14(5-1)9-11-16-13-17-12-10-15-6-2-4-8-19(15)21(17)20(16)18/h1-13H. The Hall–Kier alpha value is -2.60. The summed E-state index contributed by atoms with van der Waals surface area (Å²) in [6, 6.07) is 26.3. The lowest BCUT2D eigenvalue weighted by molar-refractivity contribution is 1.56. The van der Waals surface area contributed by atoms with Gasteiger partial charge in [0.1, 0.15) is 0 Å². The number of hydrogen-bond donors (Lipinski definition) is 0. The third-order valence-electron chi connectivity index (χ3n) is 4.48. The third kappa shape index (κ3) is 1.45. The minimum Gasteiger partial charge on any atom is -0.0616 e. The highest BCUT2D eigenvalue weighted by molar-refractivity contribution is 6.11. The van der Waals surface area contributed by atoms with Crippen LogP contribution in [0.5, 0.6) is 0 Å². The summed E-state index contributed by atoms with van der Waals surface area (Å²) in [5.41, 5.74) is 5.44. The normalized spacial score (nSPS) is 12.6. The van der Waals surface area contributed by atoms with Crippen molar-refractivity contribution < 1.29 is 0 Å². The molecular formula is C21H13. The first-order chi connectivity index (χ1) is 10.4. The molecule has 4 aromatic carbocycles. The first kappa shape index (κ1) is 11.1. The zero-order valence-corrected chi connectivity index (χ0v) is 11.5. The van der Waals surface area contributed by atoms with E-state index >= 15 is 0 Å². The first-order valence-electron chi connectivity index (χ1n) is 7.30. The maximum absolute atomic E-state index is 2.31. The Bertz CT molecular complexity index is 926. The summed E-state index contributed by atoms with van der Waals surface area (Å²) >= 11 is 0. The average Bonchev–Trinajstić information content (AvgIpc) is 2.94. The highest BCUT2D eigenvalue weighted by Crippen LogP contribution is 2.45. The predicted molar refractivity (Wildman–Crippen MR) is 89.4 cm³/mol. The second-order valence-electron chi connectivity index (χ2n) is 5.65. The van der Waals surface area contributed by atoms with Crippen LogP contribution in [0.1, 0.15) is 11.1 Å². The molecule has 0 aromatic heterocycles. The quantitative estimate of drug-likeness (QED) is 0.343. The van der Waals surface area contributed by atoms with E-state index in [9.17, 15) is 0 Å². The lowest BCUT2D eigenvalue weighted by atomic mass is 9.94. The molecule has 0 aliphatic heterocycles. The number of hydrogen-bond acceptors (Lipinski definition) is 0. The van der Waals surface area contributed by atoms with Crippen molar-refractivity contribution in [3.63, 3.8) is 0 Å². The molecule has 0 N–H and O–H groups in total. The maximum Gasteiger partial charge on any atom is 0.0212 e. The van der Waals surface area contributed by atoms with E-state index in [4.69, 9.17) is 0 Å². The van der Waals surface area contributed by atoms with Gasteiger partial charge in [0, 0.05) is 6.42 Å². The van der Waals surface area contributed by atoms with Crippen LogP contribution in [0.2, 0.25) is 0 Å². The van der Waals surface area contributed by atoms with Gasteiger partial charge in [-0.1, -0.05) is 72.8 Å². The molecule has 5 rings (SSSR count).